The summed E-state index contributed by atoms with van der Waals surface area (Å²) < 4.78 is 6.05. The van der Waals surface area contributed by atoms with Crippen molar-refractivity contribution in [2.75, 3.05) is 33.4 Å². The van der Waals surface area contributed by atoms with Crippen LogP contribution in [-0.4, -0.2) is 38.3 Å². The Balaban J connectivity index is 0.00000360. The van der Waals surface area contributed by atoms with E-state index in [9.17, 15) is 0 Å². The van der Waals surface area contributed by atoms with Gasteiger partial charge in [-0.1, -0.05) is 159 Å². The number of likely N-dealkylation sites (N-methyl/N-ethyl adjacent to an activating group) is 1. The molecule has 5 heteroatoms. The Labute approximate surface area is 365 Å². The number of hydrogen-bond acceptors (Lipinski definition) is 2. The Morgan fingerprint density at radius 2 is 0.842 bits per heavy atom. The van der Waals surface area contributed by atoms with Gasteiger partial charge in [0, 0.05) is 6.54 Å². The predicted molar refractivity (Wildman–Crippen MR) is 251 cm³/mol. The summed E-state index contributed by atoms with van der Waals surface area (Å²) in [6.07, 6.45) is 12.5. The van der Waals surface area contributed by atoms with Crippen molar-refractivity contribution in [3.63, 3.8) is 0 Å². The molecule has 0 fully saturated rings. The van der Waals surface area contributed by atoms with E-state index in [1.165, 1.54) is 101 Å². The molecule has 0 heterocycles. The minimum absolute atomic E-state index is 0. The van der Waals surface area contributed by atoms with E-state index in [2.05, 4.69) is 195 Å². The first-order valence-corrected chi connectivity index (χ1v) is 22.4. The van der Waals surface area contributed by atoms with Gasteiger partial charge in [-0.05, 0) is 116 Å². The Morgan fingerprint density at radius 3 is 1.30 bits per heavy atom. The molecule has 0 aliphatic rings. The van der Waals surface area contributed by atoms with Gasteiger partial charge in [0.05, 0.1) is 6.16 Å². The fraction of sp³-hybridized carbons (Fsp3) is 0.269. The first kappa shape index (κ1) is 45.9. The molecule has 0 amide bonds. The van der Waals surface area contributed by atoms with Gasteiger partial charge in [0.15, 0.2) is 0 Å². The Bertz CT molecular complexity index is 1890. The van der Waals surface area contributed by atoms with Crippen LogP contribution < -0.4 is 37.6 Å². The second-order valence-electron chi connectivity index (χ2n) is 14.9. The van der Waals surface area contributed by atoms with Crippen LogP contribution >= 0.6 is 24.2 Å². The zero-order valence-electron chi connectivity index (χ0n) is 33.8. The molecule has 0 spiro atoms. The minimum Gasteiger partial charge on any atom is -1.00 e. The zero-order valence-corrected chi connectivity index (χ0v) is 38.0. The number of nitrogens with zero attached hydrogens (tertiary/aromatic N) is 1. The van der Waals surface area contributed by atoms with Crippen molar-refractivity contribution in [3.05, 3.63) is 193 Å². The van der Waals surface area contributed by atoms with Crippen molar-refractivity contribution < 1.29 is 21.7 Å². The highest BCUT2D eigenvalue weighted by molar-refractivity contribution is 8.93. The highest BCUT2D eigenvalue weighted by Gasteiger charge is 2.44. The lowest BCUT2D eigenvalue weighted by atomic mass is 9.86. The van der Waals surface area contributed by atoms with E-state index in [4.69, 9.17) is 4.74 Å². The van der Waals surface area contributed by atoms with Gasteiger partial charge in [0.2, 0.25) is 0 Å². The molecule has 6 aromatic carbocycles. The van der Waals surface area contributed by atoms with Crippen LogP contribution in [0.15, 0.2) is 176 Å². The zero-order chi connectivity index (χ0) is 38.0. The number of unbranched alkanes of at least 4 members (excludes halogenated alkanes) is 7. The molecule has 0 aliphatic heterocycles. The Hall–Kier alpha value is -3.79. The van der Waals surface area contributed by atoms with Crippen LogP contribution in [0.4, 0.5) is 0 Å². The molecule has 2 nitrogen and oxygen atoms in total. The van der Waals surface area contributed by atoms with Crippen molar-refractivity contribution in [2.24, 2.45) is 0 Å². The second-order valence-corrected chi connectivity index (χ2v) is 18.5. The molecule has 0 saturated carbocycles. The number of benzene rings is 6. The van der Waals surface area contributed by atoms with Crippen molar-refractivity contribution in [1.82, 2.24) is 4.90 Å². The molecule has 0 unspecified atom stereocenters. The number of hydrogen-bond donors (Lipinski definition) is 0. The van der Waals surface area contributed by atoms with Gasteiger partial charge < -0.3 is 26.6 Å². The molecule has 0 aliphatic carbocycles. The van der Waals surface area contributed by atoms with Crippen LogP contribution in [0.2, 0.25) is 0 Å². The number of rotatable bonds is 21. The molecular formula is C52H60Br2NOP. The van der Waals surface area contributed by atoms with Gasteiger partial charge in [-0.25, -0.2) is 0 Å². The number of ether oxygens (including phenoxy) is 1. The lowest BCUT2D eigenvalue weighted by Crippen LogP contribution is -3.00. The monoisotopic (exact) mass is 903 g/mol. The normalized spacial score (nSPS) is 11.6. The quantitative estimate of drug-likeness (QED) is 0.0406. The Kier molecular flexibility index (Phi) is 20.0. The van der Waals surface area contributed by atoms with E-state index in [1.54, 1.807) is 0 Å². The molecule has 6 aromatic rings. The van der Waals surface area contributed by atoms with E-state index in [0.29, 0.717) is 6.61 Å². The third kappa shape index (κ3) is 13.1. The third-order valence-electron chi connectivity index (χ3n) is 10.7. The van der Waals surface area contributed by atoms with Gasteiger partial charge in [0.25, 0.3) is 0 Å². The second kappa shape index (κ2) is 24.9. The maximum Gasteiger partial charge on any atom is 0.119 e. The summed E-state index contributed by atoms with van der Waals surface area (Å²) in [5.74, 6) is 0.920. The summed E-state index contributed by atoms with van der Waals surface area (Å²) in [4.78, 5) is 2.15. The van der Waals surface area contributed by atoms with Gasteiger partial charge in [-0.15, -0.1) is 17.0 Å². The Morgan fingerprint density at radius 1 is 0.456 bits per heavy atom. The van der Waals surface area contributed by atoms with Crippen LogP contribution in [-0.2, 0) is 0 Å². The molecule has 0 saturated heterocycles. The predicted octanol–water partition coefficient (Wildman–Crippen LogP) is 9.67. The largest absolute Gasteiger partial charge is 1.00 e. The van der Waals surface area contributed by atoms with Crippen LogP contribution in [0.25, 0.3) is 11.1 Å². The van der Waals surface area contributed by atoms with E-state index >= 15 is 0 Å². The van der Waals surface area contributed by atoms with E-state index in [0.717, 1.165) is 18.7 Å². The summed E-state index contributed by atoms with van der Waals surface area (Å²) in [7, 11) is 2.42. The number of allylic oxidation sites excluding steroid dienone is 1. The summed E-state index contributed by atoms with van der Waals surface area (Å²) in [5, 5.41) is 4.48. The molecule has 0 atom stereocenters. The van der Waals surface area contributed by atoms with Crippen LogP contribution in [0.1, 0.15) is 74.5 Å². The smallest absolute Gasteiger partial charge is 0.119 e. The molecule has 0 radical (unpaired) electrons. The molecule has 6 rings (SSSR count). The lowest BCUT2D eigenvalue weighted by molar-refractivity contribution is -0.0000116. The fourth-order valence-electron chi connectivity index (χ4n) is 7.83. The van der Waals surface area contributed by atoms with Crippen molar-refractivity contribution in [3.8, 4) is 5.75 Å². The van der Waals surface area contributed by atoms with E-state index in [1.807, 2.05) is 0 Å². The molecule has 0 aromatic heterocycles. The molecule has 298 valence electrons. The highest BCUT2D eigenvalue weighted by atomic mass is 79.9. The standard InChI is InChI=1S/C52H59NOP.2BrH/c1-53(2)41-42-54-47-39-37-46(38-40-47)52(45-28-16-10-17-29-45)51(44-26-14-9-15-27-44)36-24-7-5-3-4-6-8-25-43-55(48-30-18-11-19-31-48,49-32-20-12-21-33-49)50-34-22-13-23-35-50;;/h9-23,26-35,37-40H,3-8,24-25,36,41-43H2,1-2H3;2*1H/q+1;;/p-1/b52-51-;;. The maximum absolute atomic E-state index is 6.05. The van der Waals surface area contributed by atoms with Crippen molar-refractivity contribution >= 4 is 51.3 Å². The van der Waals surface area contributed by atoms with Gasteiger partial charge in [0.1, 0.15) is 35.5 Å². The molecule has 0 N–H and O–H groups in total. The molecule has 57 heavy (non-hydrogen) atoms. The highest BCUT2D eigenvalue weighted by Crippen LogP contribution is 2.56. The summed E-state index contributed by atoms with van der Waals surface area (Å²) in [5.41, 5.74) is 6.57. The van der Waals surface area contributed by atoms with Crippen LogP contribution in [0.3, 0.4) is 0 Å². The minimum atomic E-state index is -1.73. The van der Waals surface area contributed by atoms with Crippen LogP contribution in [0.5, 0.6) is 5.75 Å². The summed E-state index contributed by atoms with van der Waals surface area (Å²) in [6, 6.07) is 64.7. The lowest BCUT2D eigenvalue weighted by Gasteiger charge is -2.27. The van der Waals surface area contributed by atoms with Crippen LogP contribution in [0, 0.1) is 0 Å². The topological polar surface area (TPSA) is 12.5 Å². The fourth-order valence-corrected chi connectivity index (χ4v) is 12.2. The first-order chi connectivity index (χ1) is 27.1. The number of halogens is 2. The van der Waals surface area contributed by atoms with E-state index in [-0.39, 0.29) is 34.0 Å². The first-order valence-electron chi connectivity index (χ1n) is 20.4. The SMILES string of the molecule is Br.CN(C)CCOc1ccc(/C(=C(/CCCCCCCCCC[P+](c2ccccc2)(c2ccccc2)c2ccccc2)c2ccccc2)c2ccccc2)cc1.[Br-]. The third-order valence-corrected chi connectivity index (χ3v) is 15.2. The van der Waals surface area contributed by atoms with Crippen molar-refractivity contribution in [1.29, 1.82) is 0 Å². The summed E-state index contributed by atoms with van der Waals surface area (Å²) >= 11 is 0. The molecular weight excluding hydrogens is 845 g/mol. The average molecular weight is 906 g/mol. The van der Waals surface area contributed by atoms with Gasteiger partial charge in [-0.2, -0.15) is 0 Å². The van der Waals surface area contributed by atoms with Gasteiger partial charge in [-0.3, -0.25) is 0 Å². The average Bonchev–Trinajstić information content (AvgIpc) is 3.24. The maximum atomic E-state index is 6.05. The van der Waals surface area contributed by atoms with Gasteiger partial charge >= 0.3 is 0 Å². The van der Waals surface area contributed by atoms with E-state index < -0.39 is 7.26 Å². The van der Waals surface area contributed by atoms with Crippen molar-refractivity contribution in [2.45, 2.75) is 57.8 Å². The summed E-state index contributed by atoms with van der Waals surface area (Å²) in [6.45, 7) is 1.58. The molecule has 0 bridgehead atoms.